The number of nitrogens with one attached hydrogen (secondary N) is 1. The van der Waals surface area contributed by atoms with Crippen LogP contribution >= 0.6 is 0 Å². The lowest BCUT2D eigenvalue weighted by Gasteiger charge is -2.28. The molecule has 1 aliphatic carbocycles. The van der Waals surface area contributed by atoms with Crippen molar-refractivity contribution in [3.63, 3.8) is 0 Å². The first-order valence-corrected chi connectivity index (χ1v) is 7.54. The molecule has 0 aromatic carbocycles. The summed E-state index contributed by atoms with van der Waals surface area (Å²) in [5.41, 5.74) is 0.00649. The number of rotatable bonds is 5. The van der Waals surface area contributed by atoms with Gasteiger partial charge in [0.1, 0.15) is 0 Å². The van der Waals surface area contributed by atoms with E-state index in [9.17, 15) is 4.79 Å². The number of nitrogens with zero attached hydrogens (tertiary/aromatic N) is 2. The first-order valence-electron chi connectivity index (χ1n) is 7.54. The topological polar surface area (TPSA) is 46.9 Å². The maximum Gasteiger partial charge on any atom is 0.293 e. The van der Waals surface area contributed by atoms with E-state index in [0.29, 0.717) is 17.8 Å². The lowest BCUT2D eigenvalue weighted by atomic mass is 9.84. The van der Waals surface area contributed by atoms with Crippen LogP contribution in [0.3, 0.4) is 0 Å². The summed E-state index contributed by atoms with van der Waals surface area (Å²) >= 11 is 0. The van der Waals surface area contributed by atoms with Crippen molar-refractivity contribution >= 4 is 5.82 Å². The van der Waals surface area contributed by atoms with Crippen LogP contribution < -0.4 is 10.9 Å². The summed E-state index contributed by atoms with van der Waals surface area (Å²) in [5.74, 6) is 1.18. The predicted molar refractivity (Wildman–Crippen MR) is 78.4 cm³/mol. The molecule has 1 fully saturated rings. The third kappa shape index (κ3) is 3.58. The third-order valence-electron chi connectivity index (χ3n) is 4.10. The van der Waals surface area contributed by atoms with Crippen LogP contribution in [0.4, 0.5) is 5.82 Å². The van der Waals surface area contributed by atoms with Crippen molar-refractivity contribution in [3.05, 3.63) is 22.7 Å². The lowest BCUT2D eigenvalue weighted by molar-refractivity contribution is 0.328. The Morgan fingerprint density at radius 2 is 2.16 bits per heavy atom. The van der Waals surface area contributed by atoms with E-state index in [1.165, 1.54) is 32.1 Å². The Balaban J connectivity index is 2.05. The molecule has 0 spiro atoms. The normalized spacial score (nSPS) is 18.2. The first kappa shape index (κ1) is 14.1. The van der Waals surface area contributed by atoms with Gasteiger partial charge >= 0.3 is 0 Å². The average molecular weight is 263 g/mol. The van der Waals surface area contributed by atoms with Crippen molar-refractivity contribution in [1.29, 1.82) is 0 Å². The smallest absolute Gasteiger partial charge is 0.293 e. The Morgan fingerprint density at radius 3 is 2.84 bits per heavy atom. The second kappa shape index (κ2) is 6.73. The average Bonchev–Trinajstić information content (AvgIpc) is 2.44. The van der Waals surface area contributed by atoms with Crippen LogP contribution in [0.15, 0.2) is 17.2 Å². The summed E-state index contributed by atoms with van der Waals surface area (Å²) in [5, 5.41) is 3.33. The molecule has 1 aromatic rings. The maximum atomic E-state index is 12.2. The lowest BCUT2D eigenvalue weighted by Crippen LogP contribution is -2.32. The van der Waals surface area contributed by atoms with Gasteiger partial charge in [0.2, 0.25) is 0 Å². The highest BCUT2D eigenvalue weighted by Gasteiger charge is 2.21. The molecule has 4 heteroatoms. The van der Waals surface area contributed by atoms with Gasteiger partial charge in [-0.2, -0.15) is 0 Å². The van der Waals surface area contributed by atoms with Gasteiger partial charge in [-0.25, -0.2) is 4.98 Å². The third-order valence-corrected chi connectivity index (χ3v) is 4.10. The van der Waals surface area contributed by atoms with E-state index in [-0.39, 0.29) is 5.56 Å². The minimum absolute atomic E-state index is 0.00649. The van der Waals surface area contributed by atoms with Gasteiger partial charge in [-0.05, 0) is 32.1 Å². The summed E-state index contributed by atoms with van der Waals surface area (Å²) in [6.07, 6.45) is 11.0. The first-order chi connectivity index (χ1) is 9.22. The fraction of sp³-hybridized carbons (Fsp3) is 0.733. The molecule has 0 bridgehead atoms. The molecule has 1 N–H and O–H groups in total. The summed E-state index contributed by atoms with van der Waals surface area (Å²) in [4.78, 5) is 16.4. The molecule has 2 rings (SSSR count). The minimum Gasteiger partial charge on any atom is -0.363 e. The highest BCUT2D eigenvalue weighted by molar-refractivity contribution is 5.32. The highest BCUT2D eigenvalue weighted by atomic mass is 16.1. The molecule has 0 aliphatic heterocycles. The van der Waals surface area contributed by atoms with Crippen LogP contribution in [0.25, 0.3) is 0 Å². The Kier molecular flexibility index (Phi) is 5.00. The molecule has 106 valence electrons. The number of aryl methyl sites for hydroxylation is 1. The van der Waals surface area contributed by atoms with Gasteiger partial charge in [0.15, 0.2) is 5.82 Å². The van der Waals surface area contributed by atoms with Gasteiger partial charge in [0.05, 0.1) is 0 Å². The molecule has 0 amide bonds. The highest BCUT2D eigenvalue weighted by Crippen LogP contribution is 2.27. The van der Waals surface area contributed by atoms with Gasteiger partial charge in [0.25, 0.3) is 5.56 Å². The van der Waals surface area contributed by atoms with Gasteiger partial charge in [-0.3, -0.25) is 4.79 Å². The second-order valence-electron chi connectivity index (χ2n) is 5.61. The molecule has 1 heterocycles. The van der Waals surface area contributed by atoms with Crippen molar-refractivity contribution in [3.8, 4) is 0 Å². The number of aromatic nitrogens is 2. The van der Waals surface area contributed by atoms with Crippen LogP contribution in [-0.2, 0) is 6.54 Å². The summed E-state index contributed by atoms with van der Waals surface area (Å²) < 4.78 is 1.74. The molecule has 4 nitrogen and oxygen atoms in total. The van der Waals surface area contributed by atoms with E-state index >= 15 is 0 Å². The van der Waals surface area contributed by atoms with Crippen molar-refractivity contribution in [1.82, 2.24) is 9.55 Å². The predicted octanol–water partition coefficient (Wildman–Crippen LogP) is 3.03. The maximum absolute atomic E-state index is 12.2. The molecule has 0 radical (unpaired) electrons. The molecular formula is C15H25N3O. The SMILES string of the molecule is CCCn1ccnc(NC(C)C2CCCCC2)c1=O. The molecule has 1 aliphatic rings. The van der Waals surface area contributed by atoms with Crippen LogP contribution in [0, 0.1) is 5.92 Å². The fourth-order valence-electron chi connectivity index (χ4n) is 2.93. The van der Waals surface area contributed by atoms with Crippen LogP contribution in [-0.4, -0.2) is 15.6 Å². The van der Waals surface area contributed by atoms with Gasteiger partial charge in [-0.15, -0.1) is 0 Å². The van der Waals surface area contributed by atoms with Crippen molar-refractivity contribution in [2.24, 2.45) is 5.92 Å². The number of hydrogen-bond donors (Lipinski definition) is 1. The molecular weight excluding hydrogens is 238 g/mol. The van der Waals surface area contributed by atoms with E-state index in [1.807, 2.05) is 0 Å². The van der Waals surface area contributed by atoms with E-state index in [0.717, 1.165) is 13.0 Å². The standard InChI is InChI=1S/C15H25N3O/c1-3-10-18-11-9-16-14(15(18)19)17-12(2)13-7-5-4-6-8-13/h9,11-13H,3-8,10H2,1-2H3,(H,16,17). The number of hydrogen-bond acceptors (Lipinski definition) is 3. The quantitative estimate of drug-likeness (QED) is 0.888. The van der Waals surface area contributed by atoms with Crippen LogP contribution in [0.2, 0.25) is 0 Å². The monoisotopic (exact) mass is 263 g/mol. The molecule has 1 aromatic heterocycles. The molecule has 19 heavy (non-hydrogen) atoms. The molecule has 1 saturated carbocycles. The Bertz CT molecular complexity index is 449. The zero-order valence-electron chi connectivity index (χ0n) is 12.1. The van der Waals surface area contributed by atoms with E-state index in [1.54, 1.807) is 17.0 Å². The molecule has 1 unspecified atom stereocenters. The van der Waals surface area contributed by atoms with Gasteiger partial charge in [-0.1, -0.05) is 26.2 Å². The van der Waals surface area contributed by atoms with Crippen molar-refractivity contribution < 1.29 is 0 Å². The van der Waals surface area contributed by atoms with Crippen molar-refractivity contribution in [2.75, 3.05) is 5.32 Å². The summed E-state index contributed by atoms with van der Waals surface area (Å²) in [6, 6.07) is 0.331. The fourth-order valence-corrected chi connectivity index (χ4v) is 2.93. The van der Waals surface area contributed by atoms with Crippen LogP contribution in [0.5, 0.6) is 0 Å². The minimum atomic E-state index is 0.00649. The van der Waals surface area contributed by atoms with Crippen molar-refractivity contribution in [2.45, 2.75) is 65.0 Å². The Labute approximate surface area is 115 Å². The summed E-state index contributed by atoms with van der Waals surface area (Å²) in [7, 11) is 0. The molecule has 0 saturated heterocycles. The largest absolute Gasteiger partial charge is 0.363 e. The van der Waals surface area contributed by atoms with Gasteiger partial charge in [0, 0.05) is 25.0 Å². The van der Waals surface area contributed by atoms with E-state index in [2.05, 4.69) is 24.1 Å². The molecule has 1 atom stereocenters. The Morgan fingerprint density at radius 1 is 1.42 bits per heavy atom. The second-order valence-corrected chi connectivity index (χ2v) is 5.61. The zero-order valence-corrected chi connectivity index (χ0v) is 12.1. The van der Waals surface area contributed by atoms with Gasteiger partial charge < -0.3 is 9.88 Å². The number of anilines is 1. The Hall–Kier alpha value is -1.32. The zero-order chi connectivity index (χ0) is 13.7. The van der Waals surface area contributed by atoms with E-state index < -0.39 is 0 Å². The van der Waals surface area contributed by atoms with E-state index in [4.69, 9.17) is 0 Å². The van der Waals surface area contributed by atoms with Crippen LogP contribution in [0.1, 0.15) is 52.4 Å². The summed E-state index contributed by atoms with van der Waals surface area (Å²) in [6.45, 7) is 5.01.